The molecule has 0 radical (unpaired) electrons. The summed E-state index contributed by atoms with van der Waals surface area (Å²) in [4.78, 5) is 0. The summed E-state index contributed by atoms with van der Waals surface area (Å²) < 4.78 is 20.4. The quantitative estimate of drug-likeness (QED) is 0.503. The maximum atomic E-state index is 14.7. The molecule has 0 aromatic rings. The Labute approximate surface area is 155 Å². The summed E-state index contributed by atoms with van der Waals surface area (Å²) in [5, 5.41) is 0. The minimum Gasteiger partial charge on any atom is -0.378 e. The van der Waals surface area contributed by atoms with Gasteiger partial charge in [-0.25, -0.2) is 4.39 Å². The van der Waals surface area contributed by atoms with E-state index in [1.165, 1.54) is 64.2 Å². The molecule has 3 fully saturated rings. The summed E-state index contributed by atoms with van der Waals surface area (Å²) in [7, 11) is 0. The fraction of sp³-hybridized carbons (Fsp3) is 1.00. The van der Waals surface area contributed by atoms with Crippen LogP contribution in [0.5, 0.6) is 0 Å². The van der Waals surface area contributed by atoms with Crippen LogP contribution in [0.4, 0.5) is 4.39 Å². The summed E-state index contributed by atoms with van der Waals surface area (Å²) in [6.07, 6.45) is 16.4. The first-order valence-electron chi connectivity index (χ1n) is 11.5. The van der Waals surface area contributed by atoms with Gasteiger partial charge in [0.25, 0.3) is 0 Å². The van der Waals surface area contributed by atoms with E-state index >= 15 is 0 Å². The van der Waals surface area contributed by atoms with Gasteiger partial charge in [-0.15, -0.1) is 0 Å². The van der Waals surface area contributed by atoms with E-state index in [1.54, 1.807) is 0 Å². The van der Waals surface area contributed by atoms with E-state index < -0.39 is 6.17 Å². The standard InChI is InChI=1S/C23H41FO/c1-3-5-17-6-8-18(9-7-17)19-10-12-20(13-11-19)22-15-14-21(25-4-2)16-23(22)24/h17-23H,3-16H2,1-2H3. The molecule has 25 heavy (non-hydrogen) atoms. The van der Waals surface area contributed by atoms with E-state index in [4.69, 9.17) is 4.74 Å². The second-order valence-electron chi connectivity index (χ2n) is 9.31. The number of halogens is 1. The van der Waals surface area contributed by atoms with Crippen LogP contribution >= 0.6 is 0 Å². The molecular formula is C23H41FO. The minimum atomic E-state index is -0.615. The highest BCUT2D eigenvalue weighted by molar-refractivity contribution is 4.89. The van der Waals surface area contributed by atoms with E-state index in [2.05, 4.69) is 6.92 Å². The molecule has 3 rings (SSSR count). The summed E-state index contributed by atoms with van der Waals surface area (Å²) in [5.41, 5.74) is 0. The summed E-state index contributed by atoms with van der Waals surface area (Å²) >= 11 is 0. The summed E-state index contributed by atoms with van der Waals surface area (Å²) in [6.45, 7) is 5.08. The molecule has 0 aromatic heterocycles. The molecule has 2 heteroatoms. The first kappa shape index (κ1) is 19.6. The lowest BCUT2D eigenvalue weighted by Crippen LogP contribution is -2.37. The van der Waals surface area contributed by atoms with E-state index in [1.807, 2.05) is 6.92 Å². The monoisotopic (exact) mass is 352 g/mol. The van der Waals surface area contributed by atoms with Gasteiger partial charge in [0.15, 0.2) is 0 Å². The average molecular weight is 353 g/mol. The molecule has 0 aliphatic heterocycles. The van der Waals surface area contributed by atoms with Crippen molar-refractivity contribution in [3.63, 3.8) is 0 Å². The third-order valence-corrected chi connectivity index (χ3v) is 7.85. The maximum absolute atomic E-state index is 14.7. The molecule has 0 N–H and O–H groups in total. The van der Waals surface area contributed by atoms with Gasteiger partial charge in [-0.2, -0.15) is 0 Å². The lowest BCUT2D eigenvalue weighted by atomic mass is 9.65. The highest BCUT2D eigenvalue weighted by Gasteiger charge is 2.39. The molecule has 146 valence electrons. The number of ether oxygens (including phenoxy) is 1. The van der Waals surface area contributed by atoms with Gasteiger partial charge in [-0.3, -0.25) is 0 Å². The van der Waals surface area contributed by atoms with Gasteiger partial charge in [0.05, 0.1) is 6.10 Å². The summed E-state index contributed by atoms with van der Waals surface area (Å²) in [5.74, 6) is 3.95. The Bertz CT molecular complexity index is 368. The second kappa shape index (κ2) is 9.72. The number of rotatable bonds is 6. The normalized spacial score (nSPS) is 43.1. The van der Waals surface area contributed by atoms with Crippen LogP contribution in [-0.4, -0.2) is 18.9 Å². The highest BCUT2D eigenvalue weighted by Crippen LogP contribution is 2.46. The maximum Gasteiger partial charge on any atom is 0.106 e. The first-order valence-corrected chi connectivity index (χ1v) is 11.5. The van der Waals surface area contributed by atoms with Crippen molar-refractivity contribution in [1.29, 1.82) is 0 Å². The van der Waals surface area contributed by atoms with Crippen molar-refractivity contribution >= 4 is 0 Å². The Kier molecular flexibility index (Phi) is 7.64. The van der Waals surface area contributed by atoms with Crippen molar-refractivity contribution in [1.82, 2.24) is 0 Å². The largest absolute Gasteiger partial charge is 0.378 e. The topological polar surface area (TPSA) is 9.23 Å². The van der Waals surface area contributed by atoms with Gasteiger partial charge < -0.3 is 4.74 Å². The smallest absolute Gasteiger partial charge is 0.106 e. The zero-order valence-electron chi connectivity index (χ0n) is 16.7. The molecule has 0 aromatic carbocycles. The van der Waals surface area contributed by atoms with E-state index in [0.717, 1.165) is 37.2 Å². The molecule has 3 aliphatic carbocycles. The molecule has 1 nitrogen and oxygen atoms in total. The first-order chi connectivity index (χ1) is 12.2. The van der Waals surface area contributed by atoms with Crippen LogP contribution in [0.15, 0.2) is 0 Å². The molecule has 0 heterocycles. The van der Waals surface area contributed by atoms with Crippen molar-refractivity contribution in [2.75, 3.05) is 6.61 Å². The molecular weight excluding hydrogens is 311 g/mol. The third kappa shape index (κ3) is 5.21. The van der Waals surface area contributed by atoms with Crippen LogP contribution < -0.4 is 0 Å². The number of alkyl halides is 1. The van der Waals surface area contributed by atoms with Crippen LogP contribution in [0.3, 0.4) is 0 Å². The Morgan fingerprint density at radius 1 is 0.760 bits per heavy atom. The molecule has 3 saturated carbocycles. The van der Waals surface area contributed by atoms with Crippen molar-refractivity contribution < 1.29 is 9.13 Å². The van der Waals surface area contributed by atoms with Crippen molar-refractivity contribution in [2.24, 2.45) is 29.6 Å². The van der Waals surface area contributed by atoms with Crippen LogP contribution in [0.25, 0.3) is 0 Å². The van der Waals surface area contributed by atoms with Crippen LogP contribution in [0.2, 0.25) is 0 Å². The highest BCUT2D eigenvalue weighted by atomic mass is 19.1. The van der Waals surface area contributed by atoms with E-state index in [0.29, 0.717) is 18.3 Å². The Hall–Kier alpha value is -0.110. The molecule has 3 atom stereocenters. The Morgan fingerprint density at radius 2 is 1.36 bits per heavy atom. The molecule has 0 spiro atoms. The third-order valence-electron chi connectivity index (χ3n) is 7.85. The minimum absolute atomic E-state index is 0.186. The van der Waals surface area contributed by atoms with Crippen molar-refractivity contribution in [3.05, 3.63) is 0 Å². The predicted octanol–water partition coefficient (Wildman–Crippen LogP) is 6.94. The Morgan fingerprint density at radius 3 is 1.92 bits per heavy atom. The molecule has 3 unspecified atom stereocenters. The fourth-order valence-corrected chi connectivity index (χ4v) is 6.42. The molecule has 0 amide bonds. The number of hydrogen-bond donors (Lipinski definition) is 0. The van der Waals surface area contributed by atoms with E-state index in [-0.39, 0.29) is 6.10 Å². The van der Waals surface area contributed by atoms with Gasteiger partial charge in [0.1, 0.15) is 6.17 Å². The zero-order valence-corrected chi connectivity index (χ0v) is 16.7. The van der Waals surface area contributed by atoms with Gasteiger partial charge >= 0.3 is 0 Å². The van der Waals surface area contributed by atoms with Crippen molar-refractivity contribution in [2.45, 2.75) is 110 Å². The second-order valence-corrected chi connectivity index (χ2v) is 9.31. The van der Waals surface area contributed by atoms with Gasteiger partial charge in [-0.05, 0) is 87.9 Å². The lowest BCUT2D eigenvalue weighted by Gasteiger charge is -2.42. The van der Waals surface area contributed by atoms with Crippen LogP contribution in [0, 0.1) is 29.6 Å². The van der Waals surface area contributed by atoms with E-state index in [9.17, 15) is 4.39 Å². The predicted molar refractivity (Wildman–Crippen MR) is 103 cm³/mol. The van der Waals surface area contributed by atoms with Gasteiger partial charge in [0.2, 0.25) is 0 Å². The van der Waals surface area contributed by atoms with Gasteiger partial charge in [-0.1, -0.05) is 32.6 Å². The molecule has 0 bridgehead atoms. The number of hydrogen-bond acceptors (Lipinski definition) is 1. The molecule has 0 saturated heterocycles. The van der Waals surface area contributed by atoms with Crippen LogP contribution in [0.1, 0.15) is 97.3 Å². The van der Waals surface area contributed by atoms with Gasteiger partial charge in [0, 0.05) is 13.0 Å². The van der Waals surface area contributed by atoms with Crippen LogP contribution in [-0.2, 0) is 4.74 Å². The van der Waals surface area contributed by atoms with Crippen molar-refractivity contribution in [3.8, 4) is 0 Å². The lowest BCUT2D eigenvalue weighted by molar-refractivity contribution is -0.0269. The fourth-order valence-electron chi connectivity index (χ4n) is 6.42. The average Bonchev–Trinajstić information content (AvgIpc) is 2.63. The zero-order chi connectivity index (χ0) is 17.6. The SMILES string of the molecule is CCCC1CCC(C2CCC(C3CCC(OCC)CC3F)CC2)CC1. The molecule has 3 aliphatic rings. The summed E-state index contributed by atoms with van der Waals surface area (Å²) in [6, 6.07) is 0. The Balaban J connectivity index is 1.40.